The highest BCUT2D eigenvalue weighted by Gasteiger charge is 2.23. The average Bonchev–Trinajstić information content (AvgIpc) is 2.70. The van der Waals surface area contributed by atoms with Crippen LogP contribution in [0.15, 0.2) is 43.0 Å². The first kappa shape index (κ1) is 24.9. The van der Waals surface area contributed by atoms with Crippen LogP contribution in [0.3, 0.4) is 0 Å². The van der Waals surface area contributed by atoms with Gasteiger partial charge in [-0.05, 0) is 57.2 Å². The molecule has 2 amide bonds. The van der Waals surface area contributed by atoms with E-state index in [9.17, 15) is 14.4 Å². The zero-order chi connectivity index (χ0) is 22.6. The average molecular weight is 417 g/mol. The number of hydrogen-bond donors (Lipinski definition) is 2. The summed E-state index contributed by atoms with van der Waals surface area (Å²) in [7, 11) is 1.25. The number of esters is 1. The normalized spacial score (nSPS) is 11.1. The van der Waals surface area contributed by atoms with Gasteiger partial charge in [-0.1, -0.05) is 30.4 Å². The number of ether oxygens (including phenoxy) is 2. The molecular formula is C23H32N2O5. The van der Waals surface area contributed by atoms with Crippen molar-refractivity contribution >= 4 is 23.5 Å². The molecule has 0 saturated carbocycles. The van der Waals surface area contributed by atoms with Crippen LogP contribution in [0.2, 0.25) is 0 Å². The number of alkyl carbamates (subject to hydrolysis) is 1. The van der Waals surface area contributed by atoms with Crippen molar-refractivity contribution in [1.82, 2.24) is 10.6 Å². The summed E-state index contributed by atoms with van der Waals surface area (Å²) in [5.74, 6) is -0.929. The Labute approximate surface area is 178 Å². The van der Waals surface area contributed by atoms with Crippen molar-refractivity contribution in [3.05, 3.63) is 54.1 Å². The molecule has 7 nitrogen and oxygen atoms in total. The van der Waals surface area contributed by atoms with Crippen molar-refractivity contribution in [3.8, 4) is 0 Å². The highest BCUT2D eigenvalue weighted by molar-refractivity contribution is 5.94. The molecule has 7 heteroatoms. The van der Waals surface area contributed by atoms with Gasteiger partial charge < -0.3 is 20.1 Å². The van der Waals surface area contributed by atoms with E-state index in [1.165, 1.54) is 7.11 Å². The summed E-state index contributed by atoms with van der Waals surface area (Å²) in [6.07, 6.45) is 3.94. The van der Waals surface area contributed by atoms with Crippen LogP contribution in [0.4, 0.5) is 4.79 Å². The lowest BCUT2D eigenvalue weighted by Crippen LogP contribution is -2.41. The topological polar surface area (TPSA) is 93.7 Å². The molecule has 0 radical (unpaired) electrons. The molecule has 0 aliphatic heterocycles. The molecule has 1 rings (SSSR count). The Morgan fingerprint density at radius 3 is 2.53 bits per heavy atom. The minimum atomic E-state index is -0.579. The predicted molar refractivity (Wildman–Crippen MR) is 117 cm³/mol. The van der Waals surface area contributed by atoms with Crippen LogP contribution in [0.25, 0.3) is 5.57 Å². The minimum absolute atomic E-state index is 0.296. The fourth-order valence-corrected chi connectivity index (χ4v) is 2.59. The molecule has 30 heavy (non-hydrogen) atoms. The molecule has 0 aromatic heterocycles. The highest BCUT2D eigenvalue weighted by atomic mass is 16.5. The third kappa shape index (κ3) is 9.41. The molecule has 0 atom stereocenters. The fourth-order valence-electron chi connectivity index (χ4n) is 2.59. The van der Waals surface area contributed by atoms with E-state index in [4.69, 9.17) is 4.74 Å². The predicted octanol–water partition coefficient (Wildman–Crippen LogP) is 3.70. The number of nitrogens with one attached hydrogen (secondary N) is 2. The molecule has 0 aliphatic carbocycles. The number of carbonyl (C=O) groups is 3. The van der Waals surface area contributed by atoms with Gasteiger partial charge in [0, 0.05) is 18.7 Å². The molecule has 0 heterocycles. The fraction of sp³-hybridized carbons (Fsp3) is 0.435. The molecule has 0 spiro atoms. The van der Waals surface area contributed by atoms with Gasteiger partial charge in [0.2, 0.25) is 5.91 Å². The number of amides is 2. The first-order valence-electron chi connectivity index (χ1n) is 9.91. The molecule has 0 fully saturated rings. The van der Waals surface area contributed by atoms with Gasteiger partial charge in [0.25, 0.3) is 0 Å². The Morgan fingerprint density at radius 2 is 1.87 bits per heavy atom. The van der Waals surface area contributed by atoms with Crippen LogP contribution >= 0.6 is 0 Å². The number of carbonyl (C=O) groups excluding carboxylic acids is 3. The van der Waals surface area contributed by atoms with Gasteiger partial charge in [0.1, 0.15) is 0 Å². The molecule has 164 valence electrons. The first-order valence-corrected chi connectivity index (χ1v) is 9.91. The van der Waals surface area contributed by atoms with E-state index < -0.39 is 17.6 Å². The minimum Gasteiger partial charge on any atom is -0.466 e. The standard InChI is InChI=1S/C23H32N2O5/c1-17(2)18-10-9-11-19(16-18)23(3,4)25-22(28)30-15-8-6-7-14-24-20(26)12-13-21(27)29-5/h9-13,16H,1,6-8,14-15H2,2-5H3,(H,24,26)(H,25,28). The Bertz CT molecular complexity index is 784. The van der Waals surface area contributed by atoms with Gasteiger partial charge in [-0.25, -0.2) is 9.59 Å². The number of benzene rings is 1. The van der Waals surface area contributed by atoms with Crippen LogP contribution in [0.5, 0.6) is 0 Å². The van der Waals surface area contributed by atoms with Gasteiger partial charge in [0.05, 0.1) is 19.3 Å². The summed E-state index contributed by atoms with van der Waals surface area (Å²) in [6, 6.07) is 7.90. The maximum atomic E-state index is 12.1. The molecule has 0 unspecified atom stereocenters. The van der Waals surface area contributed by atoms with E-state index in [0.29, 0.717) is 19.6 Å². The Morgan fingerprint density at radius 1 is 1.13 bits per heavy atom. The zero-order valence-corrected chi connectivity index (χ0v) is 18.2. The first-order chi connectivity index (χ1) is 14.2. The van der Waals surface area contributed by atoms with Crippen molar-refractivity contribution in [1.29, 1.82) is 0 Å². The third-order valence-electron chi connectivity index (χ3n) is 4.42. The molecule has 1 aromatic carbocycles. The molecule has 0 bridgehead atoms. The number of unbranched alkanes of at least 4 members (excludes halogenated alkanes) is 2. The van der Waals surface area contributed by atoms with Gasteiger partial charge in [0.15, 0.2) is 0 Å². The van der Waals surface area contributed by atoms with E-state index >= 15 is 0 Å². The summed E-state index contributed by atoms with van der Waals surface area (Å²) < 4.78 is 9.67. The number of hydrogen-bond acceptors (Lipinski definition) is 5. The van der Waals surface area contributed by atoms with Crippen LogP contribution in [-0.4, -0.2) is 38.2 Å². The van der Waals surface area contributed by atoms with Crippen LogP contribution < -0.4 is 10.6 Å². The van der Waals surface area contributed by atoms with Crippen LogP contribution in [0.1, 0.15) is 51.2 Å². The van der Waals surface area contributed by atoms with Crippen molar-refractivity contribution in [2.45, 2.75) is 45.6 Å². The van der Waals surface area contributed by atoms with Crippen molar-refractivity contribution < 1.29 is 23.9 Å². The Balaban J connectivity index is 2.26. The monoisotopic (exact) mass is 416 g/mol. The van der Waals surface area contributed by atoms with Gasteiger partial charge in [-0.3, -0.25) is 4.79 Å². The Kier molecular flexibility index (Phi) is 10.4. The smallest absolute Gasteiger partial charge is 0.407 e. The second-order valence-corrected chi connectivity index (χ2v) is 7.46. The van der Waals surface area contributed by atoms with Gasteiger partial charge in [-0.15, -0.1) is 0 Å². The number of methoxy groups -OCH3 is 1. The highest BCUT2D eigenvalue weighted by Crippen LogP contribution is 2.23. The SMILES string of the molecule is C=C(C)c1cccc(C(C)(C)NC(=O)OCCCCCNC(=O)C=CC(=O)OC)c1. The van der Waals surface area contributed by atoms with E-state index in [-0.39, 0.29) is 5.91 Å². The van der Waals surface area contributed by atoms with E-state index in [1.54, 1.807) is 0 Å². The van der Waals surface area contributed by atoms with E-state index in [0.717, 1.165) is 41.7 Å². The lowest BCUT2D eigenvalue weighted by atomic mass is 9.92. The summed E-state index contributed by atoms with van der Waals surface area (Å²) >= 11 is 0. The third-order valence-corrected chi connectivity index (χ3v) is 4.42. The molecule has 0 saturated heterocycles. The van der Waals surface area contributed by atoms with Crippen LogP contribution in [0, 0.1) is 0 Å². The van der Waals surface area contributed by atoms with Gasteiger partial charge in [-0.2, -0.15) is 0 Å². The summed E-state index contributed by atoms with van der Waals surface area (Å²) in [5, 5.41) is 5.55. The molecule has 2 N–H and O–H groups in total. The maximum Gasteiger partial charge on any atom is 0.407 e. The van der Waals surface area contributed by atoms with E-state index in [2.05, 4.69) is 21.9 Å². The van der Waals surface area contributed by atoms with Crippen molar-refractivity contribution in [2.75, 3.05) is 20.3 Å². The Hall–Kier alpha value is -3.09. The number of allylic oxidation sites excluding steroid dienone is 1. The van der Waals surface area contributed by atoms with Gasteiger partial charge >= 0.3 is 12.1 Å². The van der Waals surface area contributed by atoms with Crippen LogP contribution in [-0.2, 0) is 24.6 Å². The lowest BCUT2D eigenvalue weighted by molar-refractivity contribution is -0.135. The summed E-state index contributed by atoms with van der Waals surface area (Å²) in [4.78, 5) is 34.5. The largest absolute Gasteiger partial charge is 0.466 e. The molecular weight excluding hydrogens is 384 g/mol. The zero-order valence-electron chi connectivity index (χ0n) is 18.2. The van der Waals surface area contributed by atoms with Crippen molar-refractivity contribution in [3.63, 3.8) is 0 Å². The van der Waals surface area contributed by atoms with Crippen molar-refractivity contribution in [2.24, 2.45) is 0 Å². The second-order valence-electron chi connectivity index (χ2n) is 7.46. The van der Waals surface area contributed by atoms with E-state index in [1.807, 2.05) is 45.0 Å². The quantitative estimate of drug-likeness (QED) is 0.326. The maximum absolute atomic E-state index is 12.1. The summed E-state index contributed by atoms with van der Waals surface area (Å²) in [5.41, 5.74) is 2.39. The lowest BCUT2D eigenvalue weighted by Gasteiger charge is -2.27. The molecule has 1 aromatic rings. The molecule has 0 aliphatic rings. The summed E-state index contributed by atoms with van der Waals surface area (Å²) in [6.45, 7) is 10.5. The second kappa shape index (κ2) is 12.5. The number of rotatable bonds is 11.